The Hall–Kier alpha value is -0.250. The molecule has 0 bridgehead atoms. The second-order valence-corrected chi connectivity index (χ2v) is 8.17. The van der Waals surface area contributed by atoms with Crippen LogP contribution in [0.1, 0.15) is 116 Å². The number of likely N-dealkylation sites (N-methyl/N-ethyl adjacent to an activating group) is 1. The fourth-order valence-electron chi connectivity index (χ4n) is 3.45. The predicted octanol–water partition coefficient (Wildman–Crippen LogP) is 7.08. The van der Waals surface area contributed by atoms with Crippen LogP contribution in [0.25, 0.3) is 0 Å². The van der Waals surface area contributed by atoms with Crippen LogP contribution >= 0.6 is 0 Å². The van der Waals surface area contributed by atoms with Crippen LogP contribution in [0.15, 0.2) is 24.4 Å². The molecule has 0 aliphatic heterocycles. The first kappa shape index (κ1) is 30.9. The molecule has 3 nitrogen and oxygen atoms in total. The van der Waals surface area contributed by atoms with Gasteiger partial charge >= 0.3 is 35.5 Å². The van der Waals surface area contributed by atoms with Gasteiger partial charge in [-0.05, 0) is 25.1 Å². The molecule has 166 valence electrons. The Morgan fingerprint density at radius 3 is 1.55 bits per heavy atom. The molecule has 0 rings (SSSR count). The van der Waals surface area contributed by atoms with Crippen LogP contribution in [0, 0.1) is 0 Å². The molecule has 0 aliphatic rings. The van der Waals surface area contributed by atoms with Crippen molar-refractivity contribution in [1.82, 2.24) is 4.90 Å². The molecule has 0 heterocycles. The Morgan fingerprint density at radius 2 is 1.14 bits per heavy atom. The molecule has 0 atom stereocenters. The van der Waals surface area contributed by atoms with Gasteiger partial charge in [0.25, 0.3) is 0 Å². The predicted molar refractivity (Wildman–Crippen MR) is 130 cm³/mol. The van der Waals surface area contributed by atoms with E-state index in [0.717, 1.165) is 6.42 Å². The van der Waals surface area contributed by atoms with Gasteiger partial charge in [-0.25, -0.2) is 0 Å². The fourth-order valence-corrected chi connectivity index (χ4v) is 3.45. The third kappa shape index (κ3) is 27.8. The molecule has 0 aliphatic carbocycles. The van der Waals surface area contributed by atoms with Gasteiger partial charge in [-0.2, -0.15) is 0 Å². The molecule has 0 aromatic rings. The minimum atomic E-state index is -0.802. The number of hydrogen-bond donors (Lipinski definition) is 1. The van der Waals surface area contributed by atoms with E-state index in [1.165, 1.54) is 103 Å². The molecule has 0 saturated carbocycles. The van der Waals surface area contributed by atoms with Crippen molar-refractivity contribution in [1.29, 1.82) is 0 Å². The molecule has 0 unspecified atom stereocenters. The number of unbranched alkanes of at least 4 members (excludes halogenated alkanes) is 16. The second kappa shape index (κ2) is 25.8. The molecule has 0 spiro atoms. The monoisotopic (exact) mass is 417 g/mol. The van der Waals surface area contributed by atoms with Crippen molar-refractivity contribution < 1.29 is 9.90 Å². The normalized spacial score (nSPS) is 11.2. The maximum atomic E-state index is 10.5. The van der Waals surface area contributed by atoms with Crippen molar-refractivity contribution in [2.75, 3.05) is 13.6 Å². The number of allylic oxidation sites excluding steroid dienone is 3. The number of carboxylic acid groups (broad SMARTS) is 1. The van der Waals surface area contributed by atoms with Crippen molar-refractivity contribution in [2.45, 2.75) is 116 Å². The Kier molecular flexibility index (Phi) is 27.5. The average Bonchev–Trinajstić information content (AvgIpc) is 2.66. The summed E-state index contributed by atoms with van der Waals surface area (Å²) in [6, 6.07) is 0. The molecular formula is C25H48NNaO2. The van der Waals surface area contributed by atoms with Crippen molar-refractivity contribution in [3.63, 3.8) is 0 Å². The summed E-state index contributed by atoms with van der Waals surface area (Å²) in [4.78, 5) is 12.2. The van der Waals surface area contributed by atoms with Gasteiger partial charge < -0.3 is 10.0 Å². The number of nitrogens with zero attached hydrogens (tertiary/aromatic N) is 1. The van der Waals surface area contributed by atoms with E-state index < -0.39 is 5.97 Å². The van der Waals surface area contributed by atoms with Crippen LogP contribution in [0.2, 0.25) is 0 Å². The Morgan fingerprint density at radius 1 is 0.724 bits per heavy atom. The van der Waals surface area contributed by atoms with Gasteiger partial charge in [-0.1, -0.05) is 115 Å². The first-order valence-corrected chi connectivity index (χ1v) is 11.9. The summed E-state index contributed by atoms with van der Waals surface area (Å²) >= 11 is 0. The number of hydrogen-bond acceptors (Lipinski definition) is 2. The maximum absolute atomic E-state index is 10.5. The first-order valence-electron chi connectivity index (χ1n) is 11.9. The zero-order valence-corrected chi connectivity index (χ0v) is 18.8. The van der Waals surface area contributed by atoms with Gasteiger partial charge in [0.1, 0.15) is 6.54 Å². The van der Waals surface area contributed by atoms with Crippen molar-refractivity contribution >= 4 is 35.5 Å². The fraction of sp³-hybridized carbons (Fsp3) is 0.800. The molecule has 0 amide bonds. The SMILES string of the molecule is CCCCCCCCCCCCCCCCCCC=CC=CN(C)CC(=O)O.[NaH]. The Labute approximate surface area is 203 Å². The van der Waals surface area contributed by atoms with Crippen LogP contribution in [0.3, 0.4) is 0 Å². The van der Waals surface area contributed by atoms with E-state index in [1.54, 1.807) is 18.1 Å². The third-order valence-electron chi connectivity index (χ3n) is 5.20. The standard InChI is InChI=1S/C25H47NO2.Na.H/c1-3-4-5-6-7-8-9-10-11-12-13-14-15-16-17-18-19-20-21-22-23-26(2)24-25(27)28;;/h20-23H,3-19,24H2,1-2H3,(H,27,28);;. The third-order valence-corrected chi connectivity index (χ3v) is 5.20. The molecular weight excluding hydrogens is 369 g/mol. The van der Waals surface area contributed by atoms with Crippen LogP contribution < -0.4 is 0 Å². The van der Waals surface area contributed by atoms with Gasteiger partial charge in [-0.3, -0.25) is 4.79 Å². The molecule has 0 fully saturated rings. The van der Waals surface area contributed by atoms with E-state index in [4.69, 9.17) is 5.11 Å². The molecule has 29 heavy (non-hydrogen) atoms. The summed E-state index contributed by atoms with van der Waals surface area (Å²) in [5.74, 6) is -0.802. The number of carbonyl (C=O) groups is 1. The Bertz CT molecular complexity index is 396. The van der Waals surface area contributed by atoms with E-state index in [0.29, 0.717) is 0 Å². The summed E-state index contributed by atoms with van der Waals surface area (Å²) < 4.78 is 0. The summed E-state index contributed by atoms with van der Waals surface area (Å²) in [6.07, 6.45) is 31.5. The zero-order valence-electron chi connectivity index (χ0n) is 18.8. The molecule has 0 aromatic heterocycles. The van der Waals surface area contributed by atoms with Gasteiger partial charge in [-0.15, -0.1) is 0 Å². The van der Waals surface area contributed by atoms with Gasteiger partial charge in [0.2, 0.25) is 0 Å². The van der Waals surface area contributed by atoms with E-state index in [-0.39, 0.29) is 36.1 Å². The summed E-state index contributed by atoms with van der Waals surface area (Å²) in [7, 11) is 1.77. The summed E-state index contributed by atoms with van der Waals surface area (Å²) in [5.41, 5.74) is 0. The number of carboxylic acids is 1. The average molecular weight is 418 g/mol. The van der Waals surface area contributed by atoms with Crippen LogP contribution in [-0.2, 0) is 4.79 Å². The van der Waals surface area contributed by atoms with Gasteiger partial charge in [0, 0.05) is 7.05 Å². The number of aliphatic carboxylic acids is 1. The van der Waals surface area contributed by atoms with Gasteiger partial charge in [0.05, 0.1) is 0 Å². The van der Waals surface area contributed by atoms with Crippen molar-refractivity contribution in [3.05, 3.63) is 24.4 Å². The summed E-state index contributed by atoms with van der Waals surface area (Å²) in [6.45, 7) is 2.33. The number of rotatable bonds is 21. The Balaban J connectivity index is 0. The molecule has 1 N–H and O–H groups in total. The first-order chi connectivity index (χ1) is 13.7. The molecule has 0 saturated heterocycles. The van der Waals surface area contributed by atoms with Crippen LogP contribution in [-0.4, -0.2) is 59.1 Å². The van der Waals surface area contributed by atoms with Crippen LogP contribution in [0.5, 0.6) is 0 Å². The molecule has 4 heteroatoms. The second-order valence-electron chi connectivity index (χ2n) is 8.17. The topological polar surface area (TPSA) is 40.5 Å². The zero-order chi connectivity index (χ0) is 20.7. The quantitative estimate of drug-likeness (QED) is 0.123. The van der Waals surface area contributed by atoms with Crippen molar-refractivity contribution in [3.8, 4) is 0 Å². The van der Waals surface area contributed by atoms with Crippen molar-refractivity contribution in [2.24, 2.45) is 0 Å². The van der Waals surface area contributed by atoms with Gasteiger partial charge in [0.15, 0.2) is 0 Å². The van der Waals surface area contributed by atoms with E-state index >= 15 is 0 Å². The molecule has 0 aromatic carbocycles. The minimum absolute atomic E-state index is 0. The van der Waals surface area contributed by atoms with E-state index in [1.807, 2.05) is 12.2 Å². The molecule has 0 radical (unpaired) electrons. The van der Waals surface area contributed by atoms with E-state index in [2.05, 4.69) is 13.0 Å². The summed E-state index contributed by atoms with van der Waals surface area (Å²) in [5, 5.41) is 8.66. The van der Waals surface area contributed by atoms with Crippen LogP contribution in [0.4, 0.5) is 0 Å². The van der Waals surface area contributed by atoms with E-state index in [9.17, 15) is 4.79 Å².